The lowest BCUT2D eigenvalue weighted by atomic mass is 9.78. The SMILES string of the molecule is CCC(C)(CC)C(C)n1c2ccccc2c2ccccc21. The Kier molecular flexibility index (Phi) is 3.52. The summed E-state index contributed by atoms with van der Waals surface area (Å²) < 4.78 is 2.55. The summed E-state index contributed by atoms with van der Waals surface area (Å²) in [6, 6.07) is 18.1. The molecule has 1 heteroatoms. The largest absolute Gasteiger partial charge is 0.337 e. The summed E-state index contributed by atoms with van der Waals surface area (Å²) in [6.45, 7) is 9.43. The van der Waals surface area contributed by atoms with Gasteiger partial charge in [-0.2, -0.15) is 0 Å². The fraction of sp³-hybridized carbons (Fsp3) is 0.400. The van der Waals surface area contributed by atoms with E-state index < -0.39 is 0 Å². The van der Waals surface area contributed by atoms with Gasteiger partial charge in [0.15, 0.2) is 0 Å². The van der Waals surface area contributed by atoms with Gasteiger partial charge in [0.25, 0.3) is 0 Å². The van der Waals surface area contributed by atoms with Crippen LogP contribution in [0.25, 0.3) is 21.8 Å². The molecule has 0 saturated carbocycles. The molecule has 0 aliphatic rings. The number of aromatic nitrogens is 1. The average Bonchev–Trinajstić information content (AvgIpc) is 2.88. The first-order valence-corrected chi connectivity index (χ1v) is 8.10. The second-order valence-electron chi connectivity index (χ2n) is 6.44. The van der Waals surface area contributed by atoms with E-state index in [1.807, 2.05) is 0 Å². The second kappa shape index (κ2) is 5.22. The van der Waals surface area contributed by atoms with Crippen molar-refractivity contribution in [1.82, 2.24) is 4.57 Å². The summed E-state index contributed by atoms with van der Waals surface area (Å²) in [5.74, 6) is 0. The molecule has 1 atom stereocenters. The lowest BCUT2D eigenvalue weighted by molar-refractivity contribution is 0.195. The van der Waals surface area contributed by atoms with E-state index in [1.54, 1.807) is 0 Å². The highest BCUT2D eigenvalue weighted by molar-refractivity contribution is 6.08. The lowest BCUT2D eigenvalue weighted by Gasteiger charge is -2.36. The van der Waals surface area contributed by atoms with Crippen LogP contribution in [-0.2, 0) is 0 Å². The normalized spacial score (nSPS) is 13.9. The van der Waals surface area contributed by atoms with Gasteiger partial charge in [-0.3, -0.25) is 0 Å². The summed E-state index contributed by atoms with van der Waals surface area (Å²) >= 11 is 0. The molecule has 0 N–H and O–H groups in total. The van der Waals surface area contributed by atoms with Gasteiger partial charge >= 0.3 is 0 Å². The fourth-order valence-electron chi connectivity index (χ4n) is 3.52. The van der Waals surface area contributed by atoms with Crippen molar-refractivity contribution >= 4 is 21.8 Å². The van der Waals surface area contributed by atoms with Crippen molar-refractivity contribution in [3.8, 4) is 0 Å². The highest BCUT2D eigenvalue weighted by Crippen LogP contribution is 2.42. The van der Waals surface area contributed by atoms with E-state index >= 15 is 0 Å². The van der Waals surface area contributed by atoms with Crippen LogP contribution < -0.4 is 0 Å². The fourth-order valence-corrected chi connectivity index (χ4v) is 3.52. The van der Waals surface area contributed by atoms with Gasteiger partial charge in [-0.1, -0.05) is 57.2 Å². The summed E-state index contributed by atoms with van der Waals surface area (Å²) in [6.07, 6.45) is 2.40. The molecule has 110 valence electrons. The summed E-state index contributed by atoms with van der Waals surface area (Å²) in [7, 11) is 0. The van der Waals surface area contributed by atoms with Gasteiger partial charge in [-0.25, -0.2) is 0 Å². The molecule has 1 aromatic heterocycles. The molecule has 0 radical (unpaired) electrons. The second-order valence-corrected chi connectivity index (χ2v) is 6.44. The maximum absolute atomic E-state index is 2.55. The number of nitrogens with zero attached hydrogens (tertiary/aromatic N) is 1. The standard InChI is InChI=1S/C20H25N/c1-5-20(4,6-2)15(3)21-18-13-9-7-11-16(18)17-12-8-10-14-19(17)21/h7-15H,5-6H2,1-4H3. The molecule has 1 unspecified atom stereocenters. The Labute approximate surface area is 127 Å². The highest BCUT2D eigenvalue weighted by atomic mass is 15.0. The quantitative estimate of drug-likeness (QED) is 0.537. The first-order chi connectivity index (χ1) is 10.1. The Morgan fingerprint density at radius 2 is 1.29 bits per heavy atom. The van der Waals surface area contributed by atoms with Crippen LogP contribution in [0, 0.1) is 5.41 Å². The van der Waals surface area contributed by atoms with Gasteiger partial charge in [0.2, 0.25) is 0 Å². The number of rotatable bonds is 4. The van der Waals surface area contributed by atoms with Crippen LogP contribution in [0.3, 0.4) is 0 Å². The van der Waals surface area contributed by atoms with E-state index in [-0.39, 0.29) is 0 Å². The Morgan fingerprint density at radius 3 is 1.71 bits per heavy atom. The maximum Gasteiger partial charge on any atom is 0.0494 e. The van der Waals surface area contributed by atoms with Crippen molar-refractivity contribution in [2.24, 2.45) is 5.41 Å². The number of benzene rings is 2. The number of hydrogen-bond donors (Lipinski definition) is 0. The first kappa shape index (κ1) is 14.2. The summed E-state index contributed by atoms with van der Waals surface area (Å²) in [5, 5.41) is 2.74. The van der Waals surface area contributed by atoms with Crippen LogP contribution in [0.15, 0.2) is 48.5 Å². The molecule has 0 aliphatic heterocycles. The molecule has 0 saturated heterocycles. The van der Waals surface area contributed by atoms with Gasteiger partial charge < -0.3 is 4.57 Å². The monoisotopic (exact) mass is 279 g/mol. The van der Waals surface area contributed by atoms with Gasteiger partial charge in [-0.05, 0) is 37.3 Å². The molecule has 0 fully saturated rings. The minimum absolute atomic E-state index is 0.324. The molecule has 3 aromatic rings. The molecule has 21 heavy (non-hydrogen) atoms. The molecule has 2 aromatic carbocycles. The Balaban J connectivity index is 2.34. The van der Waals surface area contributed by atoms with Crippen molar-refractivity contribution in [3.63, 3.8) is 0 Å². The van der Waals surface area contributed by atoms with Gasteiger partial charge in [0.1, 0.15) is 0 Å². The van der Waals surface area contributed by atoms with Crippen molar-refractivity contribution in [1.29, 1.82) is 0 Å². The van der Waals surface area contributed by atoms with Gasteiger partial charge in [0, 0.05) is 27.8 Å². The Morgan fingerprint density at radius 1 is 0.857 bits per heavy atom. The van der Waals surface area contributed by atoms with E-state index in [1.165, 1.54) is 34.6 Å². The molecular weight excluding hydrogens is 254 g/mol. The van der Waals surface area contributed by atoms with E-state index in [9.17, 15) is 0 Å². The van der Waals surface area contributed by atoms with E-state index in [0.29, 0.717) is 11.5 Å². The van der Waals surface area contributed by atoms with E-state index in [0.717, 1.165) is 0 Å². The first-order valence-electron chi connectivity index (χ1n) is 8.10. The molecule has 3 rings (SSSR count). The Bertz CT molecular complexity index is 708. The molecule has 0 aliphatic carbocycles. The highest BCUT2D eigenvalue weighted by Gasteiger charge is 2.30. The van der Waals surface area contributed by atoms with Crippen LogP contribution in [0.2, 0.25) is 0 Å². The van der Waals surface area contributed by atoms with E-state index in [4.69, 9.17) is 0 Å². The predicted molar refractivity (Wildman–Crippen MR) is 92.8 cm³/mol. The van der Waals surface area contributed by atoms with Crippen LogP contribution in [0.5, 0.6) is 0 Å². The van der Waals surface area contributed by atoms with Crippen molar-refractivity contribution in [2.45, 2.75) is 46.6 Å². The molecule has 1 nitrogen and oxygen atoms in total. The molecule has 1 heterocycles. The summed E-state index contributed by atoms with van der Waals surface area (Å²) in [5.41, 5.74) is 3.04. The van der Waals surface area contributed by atoms with Crippen LogP contribution >= 0.6 is 0 Å². The van der Waals surface area contributed by atoms with Crippen LogP contribution in [0.4, 0.5) is 0 Å². The zero-order valence-electron chi connectivity index (χ0n) is 13.6. The van der Waals surface area contributed by atoms with Crippen LogP contribution in [-0.4, -0.2) is 4.57 Å². The van der Waals surface area contributed by atoms with Gasteiger partial charge in [-0.15, -0.1) is 0 Å². The van der Waals surface area contributed by atoms with Gasteiger partial charge in [0.05, 0.1) is 0 Å². The summed E-state index contributed by atoms with van der Waals surface area (Å²) in [4.78, 5) is 0. The van der Waals surface area contributed by atoms with Crippen molar-refractivity contribution < 1.29 is 0 Å². The van der Waals surface area contributed by atoms with Crippen molar-refractivity contribution in [3.05, 3.63) is 48.5 Å². The maximum atomic E-state index is 2.55. The number of hydrogen-bond acceptors (Lipinski definition) is 0. The Hall–Kier alpha value is -1.76. The zero-order valence-corrected chi connectivity index (χ0v) is 13.6. The topological polar surface area (TPSA) is 4.93 Å². The molecular formula is C20H25N. The predicted octanol–water partition coefficient (Wildman–Crippen LogP) is 6.18. The molecule has 0 amide bonds. The molecule has 0 spiro atoms. The number of fused-ring (bicyclic) bond motifs is 3. The minimum Gasteiger partial charge on any atom is -0.337 e. The third-order valence-corrected chi connectivity index (χ3v) is 5.63. The van der Waals surface area contributed by atoms with Crippen molar-refractivity contribution in [2.75, 3.05) is 0 Å². The lowest BCUT2D eigenvalue weighted by Crippen LogP contribution is -2.26. The zero-order chi connectivity index (χ0) is 15.0. The average molecular weight is 279 g/mol. The van der Waals surface area contributed by atoms with Crippen LogP contribution in [0.1, 0.15) is 46.6 Å². The smallest absolute Gasteiger partial charge is 0.0494 e. The minimum atomic E-state index is 0.324. The third kappa shape index (κ3) is 2.07. The molecule has 0 bridgehead atoms. The third-order valence-electron chi connectivity index (χ3n) is 5.63. The number of para-hydroxylation sites is 2. The van der Waals surface area contributed by atoms with E-state index in [2.05, 4.69) is 80.8 Å².